The van der Waals surface area contributed by atoms with Crippen LogP contribution in [0.1, 0.15) is 22.8 Å². The van der Waals surface area contributed by atoms with Gasteiger partial charge in [0, 0.05) is 12.6 Å². The van der Waals surface area contributed by atoms with E-state index < -0.39 is 0 Å². The molecule has 1 aromatic carbocycles. The van der Waals surface area contributed by atoms with Crippen LogP contribution < -0.4 is 0 Å². The minimum absolute atomic E-state index is 0.445. The van der Waals surface area contributed by atoms with Crippen LogP contribution in [0.4, 0.5) is 0 Å². The molecule has 96 valence electrons. The van der Waals surface area contributed by atoms with Crippen molar-refractivity contribution in [2.75, 3.05) is 0 Å². The number of hydrogen-bond acceptors (Lipinski definition) is 5. The standard InChI is InChI=1S/C13H13N5O/c1-10-4-2-3-5-11(10)8-12-15-13(19-16-12)9-18-7-6-14-17-18/h2-7H,8-9H2,1H3. The molecule has 6 heteroatoms. The number of aromatic nitrogens is 5. The minimum Gasteiger partial charge on any atom is -0.337 e. The van der Waals surface area contributed by atoms with Gasteiger partial charge in [-0.2, -0.15) is 4.98 Å². The monoisotopic (exact) mass is 255 g/mol. The van der Waals surface area contributed by atoms with E-state index >= 15 is 0 Å². The Morgan fingerprint density at radius 3 is 2.95 bits per heavy atom. The summed E-state index contributed by atoms with van der Waals surface area (Å²) >= 11 is 0. The molecule has 0 aliphatic carbocycles. The summed E-state index contributed by atoms with van der Waals surface area (Å²) in [5.74, 6) is 1.22. The highest BCUT2D eigenvalue weighted by Gasteiger charge is 2.09. The quantitative estimate of drug-likeness (QED) is 0.708. The van der Waals surface area contributed by atoms with Gasteiger partial charge in [-0.15, -0.1) is 5.10 Å². The third kappa shape index (κ3) is 2.67. The molecule has 0 bridgehead atoms. The van der Waals surface area contributed by atoms with Gasteiger partial charge >= 0.3 is 0 Å². The summed E-state index contributed by atoms with van der Waals surface area (Å²) in [6.45, 7) is 2.52. The van der Waals surface area contributed by atoms with Crippen LogP contribution in [-0.4, -0.2) is 25.1 Å². The van der Waals surface area contributed by atoms with Gasteiger partial charge in [0.2, 0.25) is 5.89 Å². The predicted molar refractivity (Wildman–Crippen MR) is 67.4 cm³/mol. The highest BCUT2D eigenvalue weighted by Crippen LogP contribution is 2.11. The lowest BCUT2D eigenvalue weighted by atomic mass is 10.1. The van der Waals surface area contributed by atoms with E-state index in [-0.39, 0.29) is 0 Å². The third-order valence-electron chi connectivity index (χ3n) is 2.89. The largest absolute Gasteiger partial charge is 0.337 e. The molecule has 0 amide bonds. The van der Waals surface area contributed by atoms with Crippen molar-refractivity contribution >= 4 is 0 Å². The van der Waals surface area contributed by atoms with Crippen molar-refractivity contribution in [3.05, 3.63) is 59.5 Å². The zero-order valence-electron chi connectivity index (χ0n) is 10.5. The average molecular weight is 255 g/mol. The van der Waals surface area contributed by atoms with Crippen molar-refractivity contribution in [1.29, 1.82) is 0 Å². The topological polar surface area (TPSA) is 69.6 Å². The summed E-state index contributed by atoms with van der Waals surface area (Å²) in [6.07, 6.45) is 4.04. The van der Waals surface area contributed by atoms with Gasteiger partial charge in [-0.3, -0.25) is 0 Å². The molecule has 0 saturated heterocycles. The summed E-state index contributed by atoms with van der Waals surface area (Å²) in [5.41, 5.74) is 2.43. The fourth-order valence-electron chi connectivity index (χ4n) is 1.86. The van der Waals surface area contributed by atoms with E-state index in [0.29, 0.717) is 24.7 Å². The van der Waals surface area contributed by atoms with Gasteiger partial charge in [-0.05, 0) is 18.1 Å². The van der Waals surface area contributed by atoms with E-state index in [1.54, 1.807) is 17.1 Å². The van der Waals surface area contributed by atoms with Gasteiger partial charge in [0.25, 0.3) is 0 Å². The Kier molecular flexibility index (Phi) is 3.06. The number of rotatable bonds is 4. The van der Waals surface area contributed by atoms with Crippen LogP contribution in [0.15, 0.2) is 41.2 Å². The maximum atomic E-state index is 5.20. The second kappa shape index (κ2) is 5.01. The van der Waals surface area contributed by atoms with Crippen LogP contribution >= 0.6 is 0 Å². The fraction of sp³-hybridized carbons (Fsp3) is 0.231. The first-order valence-corrected chi connectivity index (χ1v) is 6.01. The fourth-order valence-corrected chi connectivity index (χ4v) is 1.86. The number of nitrogens with zero attached hydrogens (tertiary/aromatic N) is 5. The van der Waals surface area contributed by atoms with Gasteiger partial charge in [0.1, 0.15) is 6.54 Å². The van der Waals surface area contributed by atoms with E-state index in [1.807, 2.05) is 12.1 Å². The Bertz CT molecular complexity index is 659. The normalized spacial score (nSPS) is 10.8. The Morgan fingerprint density at radius 1 is 1.26 bits per heavy atom. The summed E-state index contributed by atoms with van der Waals surface area (Å²) in [4.78, 5) is 4.36. The number of hydrogen-bond donors (Lipinski definition) is 0. The summed E-state index contributed by atoms with van der Waals surface area (Å²) in [5, 5.41) is 11.6. The third-order valence-corrected chi connectivity index (χ3v) is 2.89. The van der Waals surface area contributed by atoms with E-state index in [9.17, 15) is 0 Å². The molecular formula is C13H13N5O. The van der Waals surface area contributed by atoms with Crippen molar-refractivity contribution in [2.24, 2.45) is 0 Å². The summed E-state index contributed by atoms with van der Waals surface area (Å²) in [6, 6.07) is 8.18. The van der Waals surface area contributed by atoms with Gasteiger partial charge in [0.15, 0.2) is 5.82 Å². The molecule has 2 heterocycles. The molecule has 0 spiro atoms. The first-order valence-electron chi connectivity index (χ1n) is 6.01. The molecule has 19 heavy (non-hydrogen) atoms. The van der Waals surface area contributed by atoms with Gasteiger partial charge < -0.3 is 4.52 Å². The Balaban J connectivity index is 1.73. The first kappa shape index (κ1) is 11.6. The molecule has 6 nitrogen and oxygen atoms in total. The van der Waals surface area contributed by atoms with Crippen molar-refractivity contribution in [3.63, 3.8) is 0 Å². The highest BCUT2D eigenvalue weighted by atomic mass is 16.5. The summed E-state index contributed by atoms with van der Waals surface area (Å²) in [7, 11) is 0. The Hall–Kier alpha value is -2.50. The molecule has 0 radical (unpaired) electrons. The van der Waals surface area contributed by atoms with Crippen LogP contribution in [0, 0.1) is 6.92 Å². The molecule has 0 fully saturated rings. The average Bonchev–Trinajstić information content (AvgIpc) is 3.05. The second-order valence-corrected chi connectivity index (χ2v) is 4.31. The van der Waals surface area contributed by atoms with Crippen molar-refractivity contribution in [1.82, 2.24) is 25.1 Å². The molecule has 0 atom stereocenters. The first-order chi connectivity index (χ1) is 9.31. The van der Waals surface area contributed by atoms with Crippen LogP contribution in [0.3, 0.4) is 0 Å². The molecule has 0 aliphatic heterocycles. The van der Waals surface area contributed by atoms with E-state index in [0.717, 1.165) is 0 Å². The van der Waals surface area contributed by atoms with E-state index in [4.69, 9.17) is 4.52 Å². The highest BCUT2D eigenvalue weighted by molar-refractivity contribution is 5.27. The Labute approximate surface area is 110 Å². The molecule has 0 saturated carbocycles. The number of aryl methyl sites for hydroxylation is 1. The van der Waals surface area contributed by atoms with Gasteiger partial charge in [0.05, 0.1) is 6.20 Å². The van der Waals surface area contributed by atoms with Gasteiger partial charge in [-0.25, -0.2) is 4.68 Å². The lowest BCUT2D eigenvalue weighted by Crippen LogP contribution is -2.01. The molecule has 0 unspecified atom stereocenters. The maximum absolute atomic E-state index is 5.20. The molecule has 0 aliphatic rings. The van der Waals surface area contributed by atoms with Crippen LogP contribution in [0.25, 0.3) is 0 Å². The van der Waals surface area contributed by atoms with E-state index in [1.165, 1.54) is 11.1 Å². The molecular weight excluding hydrogens is 242 g/mol. The smallest absolute Gasteiger partial charge is 0.248 e. The molecule has 0 N–H and O–H groups in total. The lowest BCUT2D eigenvalue weighted by Gasteiger charge is -2.00. The summed E-state index contributed by atoms with van der Waals surface area (Å²) < 4.78 is 6.84. The van der Waals surface area contributed by atoms with Gasteiger partial charge in [-0.1, -0.05) is 34.6 Å². The lowest BCUT2D eigenvalue weighted by molar-refractivity contribution is 0.360. The molecule has 3 aromatic rings. The van der Waals surface area contributed by atoms with Crippen LogP contribution in [0.2, 0.25) is 0 Å². The molecule has 3 rings (SSSR count). The second-order valence-electron chi connectivity index (χ2n) is 4.31. The van der Waals surface area contributed by atoms with Crippen molar-refractivity contribution in [3.8, 4) is 0 Å². The molecule has 2 aromatic heterocycles. The SMILES string of the molecule is Cc1ccccc1Cc1noc(Cn2ccnn2)n1. The Morgan fingerprint density at radius 2 is 2.16 bits per heavy atom. The predicted octanol–water partition coefficient (Wildman–Crippen LogP) is 1.61. The maximum Gasteiger partial charge on any atom is 0.248 e. The van der Waals surface area contributed by atoms with Crippen LogP contribution in [-0.2, 0) is 13.0 Å². The van der Waals surface area contributed by atoms with Crippen LogP contribution in [0.5, 0.6) is 0 Å². The van der Waals surface area contributed by atoms with Crippen molar-refractivity contribution < 1.29 is 4.52 Å². The van der Waals surface area contributed by atoms with Crippen molar-refractivity contribution in [2.45, 2.75) is 19.9 Å². The van der Waals surface area contributed by atoms with E-state index in [2.05, 4.69) is 39.5 Å². The zero-order chi connectivity index (χ0) is 13.1. The number of benzene rings is 1. The zero-order valence-corrected chi connectivity index (χ0v) is 10.5. The minimum atomic E-state index is 0.445.